The van der Waals surface area contributed by atoms with Crippen molar-refractivity contribution in [3.05, 3.63) is 59.7 Å². The largest absolute Gasteiger partial charge is 0.494 e. The molecule has 0 N–H and O–H groups in total. The van der Waals surface area contributed by atoms with E-state index in [0.717, 1.165) is 4.80 Å². The molecule has 7 nitrogen and oxygen atoms in total. The van der Waals surface area contributed by atoms with E-state index in [1.54, 1.807) is 23.1 Å². The SMILES string of the molecule is CCN(Cc1ccc(OC)c(F)c1)C(=O)Cn1nnc(-c2cccc(F)c2)n1. The molecular formula is C19H19F2N5O2. The van der Waals surface area contributed by atoms with Crippen molar-refractivity contribution in [2.75, 3.05) is 13.7 Å². The van der Waals surface area contributed by atoms with Crippen molar-refractivity contribution in [1.82, 2.24) is 25.1 Å². The highest BCUT2D eigenvalue weighted by Crippen LogP contribution is 2.19. The summed E-state index contributed by atoms with van der Waals surface area (Å²) in [6.07, 6.45) is 0. The Bertz CT molecular complexity index is 976. The van der Waals surface area contributed by atoms with E-state index in [2.05, 4.69) is 15.4 Å². The van der Waals surface area contributed by atoms with Gasteiger partial charge in [0.05, 0.1) is 7.11 Å². The number of methoxy groups -OCH3 is 1. The highest BCUT2D eigenvalue weighted by Gasteiger charge is 2.16. The van der Waals surface area contributed by atoms with Crippen molar-refractivity contribution in [3.63, 3.8) is 0 Å². The summed E-state index contributed by atoms with van der Waals surface area (Å²) in [7, 11) is 1.39. The van der Waals surface area contributed by atoms with Crippen LogP contribution >= 0.6 is 0 Å². The Kier molecular flexibility index (Phi) is 5.93. The quantitative estimate of drug-likeness (QED) is 0.623. The van der Waals surface area contributed by atoms with Crippen molar-refractivity contribution in [2.24, 2.45) is 0 Å². The lowest BCUT2D eigenvalue weighted by Gasteiger charge is -2.20. The van der Waals surface area contributed by atoms with Crippen LogP contribution in [0.4, 0.5) is 8.78 Å². The summed E-state index contributed by atoms with van der Waals surface area (Å²) in [6, 6.07) is 10.4. The summed E-state index contributed by atoms with van der Waals surface area (Å²) in [5.41, 5.74) is 1.11. The molecule has 0 fully saturated rings. The van der Waals surface area contributed by atoms with Gasteiger partial charge < -0.3 is 9.64 Å². The van der Waals surface area contributed by atoms with Gasteiger partial charge >= 0.3 is 0 Å². The minimum Gasteiger partial charge on any atom is -0.494 e. The summed E-state index contributed by atoms with van der Waals surface area (Å²) in [4.78, 5) is 15.3. The number of hydrogen-bond acceptors (Lipinski definition) is 5. The molecule has 1 aromatic heterocycles. The zero-order chi connectivity index (χ0) is 20.1. The molecule has 0 atom stereocenters. The van der Waals surface area contributed by atoms with Crippen molar-refractivity contribution in [1.29, 1.82) is 0 Å². The van der Waals surface area contributed by atoms with Crippen LogP contribution in [0.1, 0.15) is 12.5 Å². The van der Waals surface area contributed by atoms with Gasteiger partial charge in [0.2, 0.25) is 11.7 Å². The molecule has 0 unspecified atom stereocenters. The fourth-order valence-corrected chi connectivity index (χ4v) is 2.68. The van der Waals surface area contributed by atoms with Gasteiger partial charge in [0.1, 0.15) is 12.4 Å². The normalized spacial score (nSPS) is 10.7. The number of ether oxygens (including phenoxy) is 1. The van der Waals surface area contributed by atoms with Gasteiger partial charge in [-0.3, -0.25) is 4.79 Å². The molecule has 9 heteroatoms. The second-order valence-corrected chi connectivity index (χ2v) is 6.03. The molecule has 3 aromatic rings. The van der Waals surface area contributed by atoms with Crippen LogP contribution in [0.15, 0.2) is 42.5 Å². The van der Waals surface area contributed by atoms with Crippen LogP contribution in [-0.2, 0) is 17.9 Å². The topological polar surface area (TPSA) is 73.1 Å². The van der Waals surface area contributed by atoms with Crippen molar-refractivity contribution >= 4 is 5.91 Å². The van der Waals surface area contributed by atoms with Crippen LogP contribution in [0.2, 0.25) is 0 Å². The standard InChI is InChI=1S/C19H19F2N5O2/c1-3-25(11-13-7-8-17(28-2)16(21)9-13)18(27)12-26-23-19(22-24-26)14-5-4-6-15(20)10-14/h4-10H,3,11-12H2,1-2H3. The summed E-state index contributed by atoms with van der Waals surface area (Å²) in [5, 5.41) is 11.8. The molecule has 0 spiro atoms. The van der Waals surface area contributed by atoms with Gasteiger partial charge in [-0.15, -0.1) is 10.2 Å². The van der Waals surface area contributed by atoms with Gasteiger partial charge in [0, 0.05) is 18.7 Å². The summed E-state index contributed by atoms with van der Waals surface area (Å²) < 4.78 is 32.1. The first kappa shape index (κ1) is 19.4. The smallest absolute Gasteiger partial charge is 0.246 e. The van der Waals surface area contributed by atoms with E-state index in [1.165, 1.54) is 31.4 Å². The summed E-state index contributed by atoms with van der Waals surface area (Å²) in [6.45, 7) is 2.36. The van der Waals surface area contributed by atoms with Crippen LogP contribution < -0.4 is 4.74 Å². The van der Waals surface area contributed by atoms with Crippen LogP contribution in [0, 0.1) is 11.6 Å². The van der Waals surface area contributed by atoms with Crippen LogP contribution in [-0.4, -0.2) is 44.7 Å². The number of amides is 1. The molecule has 0 radical (unpaired) electrons. The summed E-state index contributed by atoms with van der Waals surface area (Å²) >= 11 is 0. The number of hydrogen-bond donors (Lipinski definition) is 0. The highest BCUT2D eigenvalue weighted by molar-refractivity contribution is 5.75. The molecule has 0 aliphatic carbocycles. The first-order valence-electron chi connectivity index (χ1n) is 8.64. The lowest BCUT2D eigenvalue weighted by Crippen LogP contribution is -2.33. The molecule has 28 heavy (non-hydrogen) atoms. The van der Waals surface area contributed by atoms with E-state index in [9.17, 15) is 13.6 Å². The number of benzene rings is 2. The highest BCUT2D eigenvalue weighted by atomic mass is 19.1. The van der Waals surface area contributed by atoms with Gasteiger partial charge in [-0.25, -0.2) is 8.78 Å². The molecule has 0 saturated heterocycles. The Hall–Kier alpha value is -3.36. The lowest BCUT2D eigenvalue weighted by atomic mass is 10.2. The number of likely N-dealkylation sites (N-methyl/N-ethyl adjacent to an activating group) is 1. The Morgan fingerprint density at radius 1 is 1.21 bits per heavy atom. The molecular weight excluding hydrogens is 368 g/mol. The molecule has 0 saturated carbocycles. The van der Waals surface area contributed by atoms with Gasteiger partial charge in [-0.1, -0.05) is 18.2 Å². The van der Waals surface area contributed by atoms with Crippen LogP contribution in [0.25, 0.3) is 11.4 Å². The molecule has 1 heterocycles. The van der Waals surface area contributed by atoms with Gasteiger partial charge in [0.25, 0.3) is 0 Å². The zero-order valence-corrected chi connectivity index (χ0v) is 15.5. The molecule has 2 aromatic carbocycles. The number of halogens is 2. The van der Waals surface area contributed by atoms with E-state index in [0.29, 0.717) is 17.7 Å². The Morgan fingerprint density at radius 3 is 2.71 bits per heavy atom. The van der Waals surface area contributed by atoms with Crippen molar-refractivity contribution < 1.29 is 18.3 Å². The third-order valence-electron chi connectivity index (χ3n) is 4.14. The van der Waals surface area contributed by atoms with Crippen molar-refractivity contribution in [2.45, 2.75) is 20.0 Å². The molecule has 1 amide bonds. The van der Waals surface area contributed by atoms with E-state index < -0.39 is 11.6 Å². The Morgan fingerprint density at radius 2 is 2.04 bits per heavy atom. The lowest BCUT2D eigenvalue weighted by molar-refractivity contribution is -0.132. The number of tetrazole rings is 1. The second-order valence-electron chi connectivity index (χ2n) is 6.03. The van der Waals surface area contributed by atoms with Crippen LogP contribution in [0.3, 0.4) is 0 Å². The number of carbonyl (C=O) groups is 1. The van der Waals surface area contributed by atoms with E-state index >= 15 is 0 Å². The minimum absolute atomic E-state index is 0.130. The van der Waals surface area contributed by atoms with E-state index in [4.69, 9.17) is 4.74 Å². The monoisotopic (exact) mass is 387 g/mol. The molecule has 0 aliphatic heterocycles. The third-order valence-corrected chi connectivity index (χ3v) is 4.14. The van der Waals surface area contributed by atoms with E-state index in [-0.39, 0.29) is 30.6 Å². The van der Waals surface area contributed by atoms with Gasteiger partial charge in [0.15, 0.2) is 11.6 Å². The Labute approximate surface area is 160 Å². The second kappa shape index (κ2) is 8.55. The fourth-order valence-electron chi connectivity index (χ4n) is 2.68. The minimum atomic E-state index is -0.485. The maximum absolute atomic E-state index is 13.9. The third kappa shape index (κ3) is 4.48. The average Bonchev–Trinajstić information content (AvgIpc) is 3.14. The summed E-state index contributed by atoms with van der Waals surface area (Å²) in [5.74, 6) is -0.765. The first-order valence-corrected chi connectivity index (χ1v) is 8.64. The van der Waals surface area contributed by atoms with Crippen LogP contribution in [0.5, 0.6) is 5.75 Å². The first-order chi connectivity index (χ1) is 13.5. The molecule has 0 bridgehead atoms. The molecule has 3 rings (SSSR count). The molecule has 0 aliphatic rings. The predicted octanol–water partition coefficient (Wildman–Crippen LogP) is 2.68. The van der Waals surface area contributed by atoms with Gasteiger partial charge in [-0.2, -0.15) is 4.80 Å². The Balaban J connectivity index is 1.68. The van der Waals surface area contributed by atoms with E-state index in [1.807, 2.05) is 6.92 Å². The number of aromatic nitrogens is 4. The average molecular weight is 387 g/mol. The zero-order valence-electron chi connectivity index (χ0n) is 15.5. The van der Waals surface area contributed by atoms with Crippen molar-refractivity contribution in [3.8, 4) is 17.1 Å². The number of nitrogens with zero attached hydrogens (tertiary/aromatic N) is 5. The fraction of sp³-hybridized carbons (Fsp3) is 0.263. The number of carbonyl (C=O) groups excluding carboxylic acids is 1. The maximum Gasteiger partial charge on any atom is 0.246 e. The predicted molar refractivity (Wildman–Crippen MR) is 97.3 cm³/mol. The molecule has 146 valence electrons. The number of rotatable bonds is 7. The maximum atomic E-state index is 13.9. The van der Waals surface area contributed by atoms with Gasteiger partial charge in [-0.05, 0) is 42.0 Å².